The van der Waals surface area contributed by atoms with Crippen molar-refractivity contribution in [1.29, 1.82) is 0 Å². The van der Waals surface area contributed by atoms with Crippen LogP contribution in [-0.2, 0) is 6.54 Å². The molecule has 2 heterocycles. The molecule has 16 heavy (non-hydrogen) atoms. The maximum absolute atomic E-state index is 4.41. The summed E-state index contributed by atoms with van der Waals surface area (Å²) in [6.07, 6.45) is 3.08. The molecule has 0 fully saturated rings. The molecular formula is C12H12BrN3. The third-order valence-corrected chi connectivity index (χ3v) is 3.53. The predicted octanol–water partition coefficient (Wildman–Crippen LogP) is 3.13. The fourth-order valence-corrected chi connectivity index (χ4v) is 2.55. The van der Waals surface area contributed by atoms with Gasteiger partial charge in [0.05, 0.1) is 6.20 Å². The Kier molecular flexibility index (Phi) is 2.44. The smallest absolute Gasteiger partial charge is 0.132 e. The van der Waals surface area contributed by atoms with Crippen molar-refractivity contribution in [2.24, 2.45) is 0 Å². The lowest BCUT2D eigenvalue weighted by Crippen LogP contribution is -2.17. The first-order valence-corrected chi connectivity index (χ1v) is 6.20. The SMILES string of the molecule is Brc1ccccc1-c1cnn2c1NCCC2. The van der Waals surface area contributed by atoms with Gasteiger partial charge in [-0.1, -0.05) is 34.1 Å². The zero-order valence-electron chi connectivity index (χ0n) is 8.78. The number of nitrogens with zero attached hydrogens (tertiary/aromatic N) is 2. The van der Waals surface area contributed by atoms with E-state index in [1.54, 1.807) is 0 Å². The minimum absolute atomic E-state index is 1.01. The van der Waals surface area contributed by atoms with E-state index >= 15 is 0 Å². The lowest BCUT2D eigenvalue weighted by atomic mass is 10.1. The molecule has 0 saturated heterocycles. The second-order valence-corrected chi connectivity index (χ2v) is 4.74. The van der Waals surface area contributed by atoms with Crippen molar-refractivity contribution in [3.63, 3.8) is 0 Å². The molecule has 3 nitrogen and oxygen atoms in total. The molecule has 4 heteroatoms. The number of anilines is 1. The minimum Gasteiger partial charge on any atom is -0.370 e. The summed E-state index contributed by atoms with van der Waals surface area (Å²) >= 11 is 3.58. The molecule has 0 radical (unpaired) electrons. The van der Waals surface area contributed by atoms with E-state index in [1.165, 1.54) is 11.1 Å². The fraction of sp³-hybridized carbons (Fsp3) is 0.250. The third-order valence-electron chi connectivity index (χ3n) is 2.84. The molecule has 0 atom stereocenters. The molecule has 1 aliphatic rings. The number of nitrogens with one attached hydrogen (secondary N) is 1. The predicted molar refractivity (Wildman–Crippen MR) is 68.5 cm³/mol. The average molecular weight is 278 g/mol. The Morgan fingerprint density at radius 1 is 1.25 bits per heavy atom. The van der Waals surface area contributed by atoms with Gasteiger partial charge in [-0.15, -0.1) is 0 Å². The van der Waals surface area contributed by atoms with Gasteiger partial charge in [0.2, 0.25) is 0 Å². The second-order valence-electron chi connectivity index (χ2n) is 3.89. The molecule has 0 bridgehead atoms. The van der Waals surface area contributed by atoms with Crippen LogP contribution in [0.1, 0.15) is 6.42 Å². The number of fused-ring (bicyclic) bond motifs is 1. The lowest BCUT2D eigenvalue weighted by Gasteiger charge is -2.17. The maximum Gasteiger partial charge on any atom is 0.132 e. The fourth-order valence-electron chi connectivity index (χ4n) is 2.05. The van der Waals surface area contributed by atoms with Crippen molar-refractivity contribution in [2.45, 2.75) is 13.0 Å². The van der Waals surface area contributed by atoms with E-state index in [0.717, 1.165) is 29.8 Å². The van der Waals surface area contributed by atoms with Crippen LogP contribution in [0.5, 0.6) is 0 Å². The van der Waals surface area contributed by atoms with Crippen molar-refractivity contribution >= 4 is 21.7 Å². The van der Waals surface area contributed by atoms with Crippen LogP contribution in [0, 0.1) is 0 Å². The van der Waals surface area contributed by atoms with Crippen LogP contribution >= 0.6 is 15.9 Å². The average Bonchev–Trinajstić information content (AvgIpc) is 2.74. The molecule has 0 spiro atoms. The zero-order chi connectivity index (χ0) is 11.0. The largest absolute Gasteiger partial charge is 0.370 e. The zero-order valence-corrected chi connectivity index (χ0v) is 10.4. The van der Waals surface area contributed by atoms with Gasteiger partial charge in [0.15, 0.2) is 0 Å². The molecule has 82 valence electrons. The van der Waals surface area contributed by atoms with Gasteiger partial charge in [-0.3, -0.25) is 0 Å². The Morgan fingerprint density at radius 2 is 2.12 bits per heavy atom. The number of halogens is 1. The van der Waals surface area contributed by atoms with Crippen molar-refractivity contribution in [3.05, 3.63) is 34.9 Å². The first kappa shape index (κ1) is 9.90. The van der Waals surface area contributed by atoms with Gasteiger partial charge < -0.3 is 5.32 Å². The monoisotopic (exact) mass is 277 g/mol. The van der Waals surface area contributed by atoms with Gasteiger partial charge >= 0.3 is 0 Å². The number of rotatable bonds is 1. The number of hydrogen-bond donors (Lipinski definition) is 1. The van der Waals surface area contributed by atoms with Crippen LogP contribution in [0.15, 0.2) is 34.9 Å². The first-order chi connectivity index (χ1) is 7.86. The van der Waals surface area contributed by atoms with E-state index in [-0.39, 0.29) is 0 Å². The van der Waals surface area contributed by atoms with Gasteiger partial charge in [-0.05, 0) is 12.5 Å². The van der Waals surface area contributed by atoms with E-state index in [2.05, 4.69) is 38.5 Å². The molecule has 0 aliphatic carbocycles. The summed E-state index contributed by atoms with van der Waals surface area (Å²) in [5.74, 6) is 1.14. The van der Waals surface area contributed by atoms with E-state index in [1.807, 2.05) is 23.0 Å². The van der Waals surface area contributed by atoms with Gasteiger partial charge in [0.25, 0.3) is 0 Å². The Balaban J connectivity index is 2.13. The first-order valence-electron chi connectivity index (χ1n) is 5.41. The standard InChI is InChI=1S/C12H12BrN3/c13-11-5-2-1-4-9(11)10-8-15-16-7-3-6-14-12(10)16/h1-2,4-5,8,14H,3,6-7H2. The van der Waals surface area contributed by atoms with Crippen molar-refractivity contribution in [2.75, 3.05) is 11.9 Å². The number of hydrogen-bond acceptors (Lipinski definition) is 2. The molecule has 0 amide bonds. The highest BCUT2D eigenvalue weighted by Crippen LogP contribution is 2.34. The second kappa shape index (κ2) is 3.94. The summed E-state index contributed by atoms with van der Waals surface area (Å²) in [5, 5.41) is 7.82. The van der Waals surface area contributed by atoms with Crippen LogP contribution < -0.4 is 5.32 Å². The Bertz CT molecular complexity index is 519. The highest BCUT2D eigenvalue weighted by atomic mass is 79.9. The molecule has 1 aromatic heterocycles. The summed E-state index contributed by atoms with van der Waals surface area (Å²) in [7, 11) is 0. The highest BCUT2D eigenvalue weighted by molar-refractivity contribution is 9.10. The Labute approximate surface area is 103 Å². The van der Waals surface area contributed by atoms with Crippen molar-refractivity contribution in [3.8, 4) is 11.1 Å². The summed E-state index contributed by atoms with van der Waals surface area (Å²) in [6.45, 7) is 2.04. The van der Waals surface area contributed by atoms with E-state index in [9.17, 15) is 0 Å². The minimum atomic E-state index is 1.01. The van der Waals surface area contributed by atoms with Crippen LogP contribution in [0.4, 0.5) is 5.82 Å². The van der Waals surface area contributed by atoms with Crippen LogP contribution in [-0.4, -0.2) is 16.3 Å². The van der Waals surface area contributed by atoms with Gasteiger partial charge in [0, 0.05) is 28.7 Å². The quantitative estimate of drug-likeness (QED) is 0.868. The molecule has 1 N–H and O–H groups in total. The van der Waals surface area contributed by atoms with Crippen LogP contribution in [0.25, 0.3) is 11.1 Å². The molecule has 0 saturated carbocycles. The van der Waals surface area contributed by atoms with Gasteiger partial charge in [-0.25, -0.2) is 4.68 Å². The Morgan fingerprint density at radius 3 is 3.00 bits per heavy atom. The highest BCUT2D eigenvalue weighted by Gasteiger charge is 2.16. The summed E-state index contributed by atoms with van der Waals surface area (Å²) < 4.78 is 3.15. The van der Waals surface area contributed by atoms with Crippen molar-refractivity contribution in [1.82, 2.24) is 9.78 Å². The van der Waals surface area contributed by atoms with E-state index < -0.39 is 0 Å². The van der Waals surface area contributed by atoms with Crippen LogP contribution in [0.3, 0.4) is 0 Å². The van der Waals surface area contributed by atoms with Crippen LogP contribution in [0.2, 0.25) is 0 Å². The van der Waals surface area contributed by atoms with E-state index in [4.69, 9.17) is 0 Å². The van der Waals surface area contributed by atoms with Gasteiger partial charge in [-0.2, -0.15) is 5.10 Å². The number of benzene rings is 1. The third kappa shape index (κ3) is 1.53. The van der Waals surface area contributed by atoms with E-state index in [0.29, 0.717) is 0 Å². The van der Waals surface area contributed by atoms with Gasteiger partial charge in [0.1, 0.15) is 5.82 Å². The summed E-state index contributed by atoms with van der Waals surface area (Å²) in [4.78, 5) is 0. The molecule has 2 aromatic rings. The lowest BCUT2D eigenvalue weighted by molar-refractivity contribution is 0.568. The molecular weight excluding hydrogens is 266 g/mol. The molecule has 1 aromatic carbocycles. The molecule has 3 rings (SSSR count). The number of aromatic nitrogens is 2. The topological polar surface area (TPSA) is 29.9 Å². The Hall–Kier alpha value is -1.29. The summed E-state index contributed by atoms with van der Waals surface area (Å²) in [5.41, 5.74) is 2.37. The maximum atomic E-state index is 4.41. The molecule has 1 aliphatic heterocycles. The van der Waals surface area contributed by atoms with Crippen molar-refractivity contribution < 1.29 is 0 Å². The number of aryl methyl sites for hydroxylation is 1. The molecule has 0 unspecified atom stereocenters. The normalized spacial score (nSPS) is 14.3. The summed E-state index contributed by atoms with van der Waals surface area (Å²) in [6, 6.07) is 8.24.